The zero-order valence-corrected chi connectivity index (χ0v) is 11.2. The van der Waals surface area contributed by atoms with Gasteiger partial charge in [0, 0.05) is 24.3 Å². The van der Waals surface area contributed by atoms with Gasteiger partial charge in [-0.1, -0.05) is 0 Å². The monoisotopic (exact) mass is 269 g/mol. The van der Waals surface area contributed by atoms with Crippen LogP contribution in [0.3, 0.4) is 0 Å². The van der Waals surface area contributed by atoms with Gasteiger partial charge in [0.2, 0.25) is 0 Å². The summed E-state index contributed by atoms with van der Waals surface area (Å²) < 4.78 is 16.1. The van der Waals surface area contributed by atoms with Crippen LogP contribution in [0.25, 0.3) is 0 Å². The van der Waals surface area contributed by atoms with E-state index in [4.69, 9.17) is 18.5 Å². The standard InChI is InChI=1S/C13H17O4S/c1-10-6-11(9-14)8-13(7-10)15-12-2-4-18(5-3-12)16-17-18/h7-8,12,14H,2-5,9H2,1H3. The van der Waals surface area contributed by atoms with E-state index in [0.717, 1.165) is 41.2 Å². The van der Waals surface area contributed by atoms with Gasteiger partial charge < -0.3 is 9.84 Å². The minimum atomic E-state index is -1.11. The Balaban J connectivity index is 1.63. The lowest BCUT2D eigenvalue weighted by Crippen LogP contribution is -2.25. The molecule has 1 aromatic rings. The predicted octanol–water partition coefficient (Wildman–Crippen LogP) is 2.43. The normalized spacial score (nSPS) is 23.9. The van der Waals surface area contributed by atoms with Crippen molar-refractivity contribution in [3.63, 3.8) is 0 Å². The van der Waals surface area contributed by atoms with E-state index in [-0.39, 0.29) is 12.7 Å². The molecule has 5 heteroatoms. The van der Waals surface area contributed by atoms with Crippen LogP contribution in [0, 0.1) is 13.0 Å². The van der Waals surface area contributed by atoms with Crippen molar-refractivity contribution in [3.8, 4) is 5.75 Å². The summed E-state index contributed by atoms with van der Waals surface area (Å²) in [5.74, 6) is 2.77. The van der Waals surface area contributed by atoms with Crippen molar-refractivity contribution < 1.29 is 18.5 Å². The van der Waals surface area contributed by atoms with E-state index in [1.807, 2.05) is 19.1 Å². The molecule has 2 fully saturated rings. The smallest absolute Gasteiger partial charge is 0.120 e. The fourth-order valence-electron chi connectivity index (χ4n) is 2.26. The van der Waals surface area contributed by atoms with Crippen molar-refractivity contribution in [2.24, 2.45) is 0 Å². The van der Waals surface area contributed by atoms with Gasteiger partial charge in [-0.15, -0.1) is 19.3 Å². The molecule has 1 spiro atoms. The van der Waals surface area contributed by atoms with Crippen LogP contribution < -0.4 is 4.74 Å². The lowest BCUT2D eigenvalue weighted by molar-refractivity contribution is 0.0850. The molecule has 0 aliphatic carbocycles. The van der Waals surface area contributed by atoms with Crippen LogP contribution in [-0.4, -0.2) is 22.7 Å². The number of aliphatic hydroxyl groups is 1. The molecule has 0 unspecified atom stereocenters. The highest BCUT2D eigenvalue weighted by molar-refractivity contribution is 8.29. The van der Waals surface area contributed by atoms with Gasteiger partial charge in [0.25, 0.3) is 0 Å². The SMILES string of the molecule is Cc1[c]c(CO)cc(OC2CCS3(CC2)OO3)c1. The molecule has 1 radical (unpaired) electrons. The van der Waals surface area contributed by atoms with E-state index in [9.17, 15) is 0 Å². The average molecular weight is 269 g/mol. The first-order valence-corrected chi connectivity index (χ1v) is 7.98. The molecule has 2 aliphatic heterocycles. The van der Waals surface area contributed by atoms with Crippen LogP contribution in [-0.2, 0) is 15.3 Å². The zero-order valence-electron chi connectivity index (χ0n) is 10.3. The van der Waals surface area contributed by atoms with Crippen LogP contribution in [0.15, 0.2) is 12.1 Å². The van der Waals surface area contributed by atoms with E-state index in [2.05, 4.69) is 6.07 Å². The predicted molar refractivity (Wildman–Crippen MR) is 69.1 cm³/mol. The molecule has 2 heterocycles. The Morgan fingerprint density at radius 1 is 1.39 bits per heavy atom. The molecule has 2 saturated heterocycles. The fraction of sp³-hybridized carbons (Fsp3) is 0.538. The molecule has 99 valence electrons. The maximum absolute atomic E-state index is 9.15. The van der Waals surface area contributed by atoms with Crippen molar-refractivity contribution >= 4 is 10.6 Å². The Kier molecular flexibility index (Phi) is 3.23. The fourth-order valence-corrected chi connectivity index (χ4v) is 4.29. The molecule has 18 heavy (non-hydrogen) atoms. The van der Waals surface area contributed by atoms with Crippen LogP contribution >= 0.6 is 10.6 Å². The van der Waals surface area contributed by atoms with Gasteiger partial charge in [0.15, 0.2) is 0 Å². The van der Waals surface area contributed by atoms with Crippen molar-refractivity contribution in [2.45, 2.75) is 32.5 Å². The number of benzene rings is 1. The number of aliphatic hydroxyl groups excluding tert-OH is 1. The number of ether oxygens (including phenoxy) is 1. The highest BCUT2D eigenvalue weighted by atomic mass is 32.3. The Hall–Kier alpha value is -0.750. The second-order valence-electron chi connectivity index (χ2n) is 4.79. The summed E-state index contributed by atoms with van der Waals surface area (Å²) >= 11 is 0. The molecular formula is C13H17O4S. The average Bonchev–Trinajstić information content (AvgIpc) is 3.12. The maximum Gasteiger partial charge on any atom is 0.120 e. The van der Waals surface area contributed by atoms with Gasteiger partial charge in [-0.2, -0.15) is 0 Å². The van der Waals surface area contributed by atoms with Gasteiger partial charge in [-0.05, 0) is 36.2 Å². The first-order valence-electron chi connectivity index (χ1n) is 6.16. The van der Waals surface area contributed by atoms with Crippen LogP contribution in [0.4, 0.5) is 0 Å². The number of hydrogen-bond acceptors (Lipinski definition) is 4. The molecule has 1 N–H and O–H groups in total. The van der Waals surface area contributed by atoms with Gasteiger partial charge in [-0.25, -0.2) is 0 Å². The van der Waals surface area contributed by atoms with Crippen molar-refractivity contribution in [2.75, 3.05) is 11.5 Å². The molecule has 0 bridgehead atoms. The lowest BCUT2D eigenvalue weighted by Gasteiger charge is -2.28. The van der Waals surface area contributed by atoms with Gasteiger partial charge in [0.1, 0.15) is 11.9 Å². The second-order valence-corrected chi connectivity index (χ2v) is 7.36. The number of rotatable bonds is 3. The molecule has 0 amide bonds. The van der Waals surface area contributed by atoms with Gasteiger partial charge in [-0.3, -0.25) is 0 Å². The first-order chi connectivity index (χ1) is 8.69. The summed E-state index contributed by atoms with van der Waals surface area (Å²) in [5, 5.41) is 9.15. The minimum Gasteiger partial charge on any atom is -0.490 e. The third-order valence-corrected chi connectivity index (χ3v) is 5.50. The quantitative estimate of drug-likeness (QED) is 0.676. The minimum absolute atomic E-state index is 0.00234. The van der Waals surface area contributed by atoms with Crippen molar-refractivity contribution in [1.82, 2.24) is 0 Å². The first kappa shape index (κ1) is 12.3. The molecule has 2 aliphatic rings. The summed E-state index contributed by atoms with van der Waals surface area (Å²) in [6, 6.07) is 6.91. The summed E-state index contributed by atoms with van der Waals surface area (Å²) in [6.07, 6.45) is 2.17. The van der Waals surface area contributed by atoms with Crippen LogP contribution in [0.1, 0.15) is 24.0 Å². The molecule has 1 aromatic carbocycles. The Morgan fingerprint density at radius 2 is 2.11 bits per heavy atom. The third kappa shape index (κ3) is 2.64. The van der Waals surface area contributed by atoms with Gasteiger partial charge in [0.05, 0.1) is 6.61 Å². The van der Waals surface area contributed by atoms with Crippen LogP contribution in [0.5, 0.6) is 5.75 Å². The molecule has 3 rings (SSSR count). The Morgan fingerprint density at radius 3 is 2.72 bits per heavy atom. The Labute approximate surface area is 109 Å². The highest BCUT2D eigenvalue weighted by Crippen LogP contribution is 2.67. The van der Waals surface area contributed by atoms with E-state index >= 15 is 0 Å². The number of aryl methyl sites for hydroxylation is 1. The summed E-state index contributed by atoms with van der Waals surface area (Å²) in [4.78, 5) is 0. The highest BCUT2D eigenvalue weighted by Gasteiger charge is 2.42. The summed E-state index contributed by atoms with van der Waals surface area (Å²) in [5.41, 5.74) is 1.76. The van der Waals surface area contributed by atoms with E-state index in [1.165, 1.54) is 0 Å². The second kappa shape index (κ2) is 4.74. The molecular weight excluding hydrogens is 252 g/mol. The van der Waals surface area contributed by atoms with Crippen molar-refractivity contribution in [1.29, 1.82) is 0 Å². The molecule has 0 saturated carbocycles. The summed E-state index contributed by atoms with van der Waals surface area (Å²) in [7, 11) is -1.11. The van der Waals surface area contributed by atoms with E-state index in [0.29, 0.717) is 0 Å². The van der Waals surface area contributed by atoms with E-state index < -0.39 is 10.6 Å². The summed E-state index contributed by atoms with van der Waals surface area (Å²) in [6.45, 7) is 1.95. The van der Waals surface area contributed by atoms with Gasteiger partial charge >= 0.3 is 0 Å². The molecule has 4 nitrogen and oxygen atoms in total. The Bertz CT molecular complexity index is 435. The molecule has 0 aromatic heterocycles. The lowest BCUT2D eigenvalue weighted by atomic mass is 10.1. The van der Waals surface area contributed by atoms with Crippen molar-refractivity contribution in [3.05, 3.63) is 29.3 Å². The maximum atomic E-state index is 9.15. The zero-order chi connectivity index (χ0) is 12.6. The van der Waals surface area contributed by atoms with E-state index in [1.54, 1.807) is 0 Å². The largest absolute Gasteiger partial charge is 0.490 e. The van der Waals surface area contributed by atoms with Crippen LogP contribution in [0.2, 0.25) is 0 Å². The molecule has 0 atom stereocenters. The third-order valence-electron chi connectivity index (χ3n) is 3.27. The number of hydrogen-bond donors (Lipinski definition) is 1. The topological polar surface area (TPSA) is 54.5 Å².